The van der Waals surface area contributed by atoms with Crippen molar-refractivity contribution in [2.75, 3.05) is 25.7 Å². The fraction of sp³-hybridized carbons (Fsp3) is 0.353. The summed E-state index contributed by atoms with van der Waals surface area (Å²) in [5.41, 5.74) is 0.559. The molecule has 2 aromatic rings. The minimum atomic E-state index is -0.520. The molecule has 1 atom stereocenters. The number of anilines is 1. The molecule has 1 saturated heterocycles. The zero-order chi connectivity index (χ0) is 19.4. The Morgan fingerprint density at radius 3 is 2.41 bits per heavy atom. The first-order valence-electron chi connectivity index (χ1n) is 8.16. The number of methoxy groups -OCH3 is 2. The van der Waals surface area contributed by atoms with E-state index in [4.69, 9.17) is 9.47 Å². The molecular formula is C17H18FN5O4. The molecule has 2 heterocycles. The monoisotopic (exact) mass is 375 g/mol. The van der Waals surface area contributed by atoms with E-state index in [0.717, 1.165) is 0 Å². The highest BCUT2D eigenvalue weighted by Crippen LogP contribution is 2.25. The smallest absolute Gasteiger partial charge is 0.322 e. The number of carbonyl (C=O) groups is 2. The molecule has 1 aliphatic rings. The fourth-order valence-corrected chi connectivity index (χ4v) is 2.70. The van der Waals surface area contributed by atoms with Crippen LogP contribution in [0.2, 0.25) is 0 Å². The van der Waals surface area contributed by atoms with Gasteiger partial charge >= 0.3 is 12.0 Å². The second kappa shape index (κ2) is 7.94. The van der Waals surface area contributed by atoms with Crippen LogP contribution in [0.3, 0.4) is 0 Å². The van der Waals surface area contributed by atoms with E-state index in [9.17, 15) is 14.0 Å². The van der Waals surface area contributed by atoms with Gasteiger partial charge in [0, 0.05) is 18.7 Å². The van der Waals surface area contributed by atoms with Crippen molar-refractivity contribution >= 4 is 17.5 Å². The molecule has 1 fully saturated rings. The number of aromatic nitrogens is 3. The van der Waals surface area contributed by atoms with Gasteiger partial charge in [0.05, 0.1) is 26.7 Å². The van der Waals surface area contributed by atoms with Crippen LogP contribution in [0, 0.1) is 11.7 Å². The predicted octanol–water partition coefficient (Wildman–Crippen LogP) is 0.697. The third-order valence-corrected chi connectivity index (χ3v) is 4.06. The zero-order valence-corrected chi connectivity index (χ0v) is 14.8. The van der Waals surface area contributed by atoms with Gasteiger partial charge in [-0.25, -0.2) is 4.39 Å². The van der Waals surface area contributed by atoms with E-state index in [1.54, 1.807) is 0 Å². The van der Waals surface area contributed by atoms with Crippen molar-refractivity contribution in [2.45, 2.75) is 13.0 Å². The summed E-state index contributed by atoms with van der Waals surface area (Å²) in [4.78, 5) is 38.0. The number of nitrogens with zero attached hydrogens (tertiary/aromatic N) is 4. The summed E-state index contributed by atoms with van der Waals surface area (Å²) < 4.78 is 23.0. The molecule has 0 saturated carbocycles. The van der Waals surface area contributed by atoms with Gasteiger partial charge in [-0.3, -0.25) is 9.59 Å². The van der Waals surface area contributed by atoms with E-state index in [1.165, 1.54) is 43.4 Å². The van der Waals surface area contributed by atoms with E-state index in [-0.39, 0.29) is 55.0 Å². The number of nitrogens with one attached hydrogen (secondary N) is 1. The van der Waals surface area contributed by atoms with E-state index in [1.807, 2.05) is 0 Å². The summed E-state index contributed by atoms with van der Waals surface area (Å²) in [7, 11) is 2.82. The van der Waals surface area contributed by atoms with Crippen LogP contribution in [0.1, 0.15) is 12.2 Å². The Morgan fingerprint density at radius 2 is 1.81 bits per heavy atom. The van der Waals surface area contributed by atoms with E-state index < -0.39 is 5.92 Å². The molecule has 9 nitrogen and oxygen atoms in total. The molecule has 142 valence electrons. The number of benzene rings is 1. The van der Waals surface area contributed by atoms with E-state index in [0.29, 0.717) is 5.69 Å². The molecule has 27 heavy (non-hydrogen) atoms. The number of ether oxygens (including phenoxy) is 2. The number of hydrogen-bond donors (Lipinski definition) is 1. The SMILES string of the molecule is COc1nc(CNC(=O)C2CC(=O)N(c3ccc(F)cc3)C2)nc(OC)n1. The van der Waals surface area contributed by atoms with Crippen LogP contribution in [0.4, 0.5) is 10.1 Å². The van der Waals surface area contributed by atoms with Gasteiger partial charge in [-0.05, 0) is 24.3 Å². The lowest BCUT2D eigenvalue weighted by Crippen LogP contribution is -2.33. The second-order valence-electron chi connectivity index (χ2n) is 5.82. The van der Waals surface area contributed by atoms with Gasteiger partial charge in [-0.2, -0.15) is 9.97 Å². The molecule has 1 unspecified atom stereocenters. The van der Waals surface area contributed by atoms with Crippen molar-refractivity contribution in [1.29, 1.82) is 0 Å². The maximum atomic E-state index is 13.0. The first kappa shape index (κ1) is 18.5. The fourth-order valence-electron chi connectivity index (χ4n) is 2.70. The van der Waals surface area contributed by atoms with Crippen molar-refractivity contribution in [3.63, 3.8) is 0 Å². The molecule has 1 aromatic carbocycles. The van der Waals surface area contributed by atoms with E-state index >= 15 is 0 Å². The predicted molar refractivity (Wildman–Crippen MR) is 91.6 cm³/mol. The molecule has 2 amide bonds. The number of rotatable bonds is 6. The van der Waals surface area contributed by atoms with Crippen LogP contribution in [0.25, 0.3) is 0 Å². The summed E-state index contributed by atoms with van der Waals surface area (Å²) in [6.45, 7) is 0.259. The molecule has 1 aliphatic heterocycles. The Hall–Kier alpha value is -3.30. The van der Waals surface area contributed by atoms with Crippen LogP contribution in [0.5, 0.6) is 12.0 Å². The van der Waals surface area contributed by atoms with Crippen LogP contribution in [0.15, 0.2) is 24.3 Å². The number of halogens is 1. The van der Waals surface area contributed by atoms with Gasteiger partial charge in [0.1, 0.15) is 5.82 Å². The van der Waals surface area contributed by atoms with Crippen molar-refractivity contribution in [3.05, 3.63) is 35.9 Å². The molecule has 0 radical (unpaired) electrons. The third kappa shape index (κ3) is 4.27. The quantitative estimate of drug-likeness (QED) is 0.792. The standard InChI is InChI=1S/C17H18FN5O4/c1-26-16-20-13(21-17(22-16)27-2)8-19-15(25)10-7-14(24)23(9-10)12-5-3-11(18)4-6-12/h3-6,10H,7-9H2,1-2H3,(H,19,25). The minimum absolute atomic E-state index is 0.0370. The van der Waals surface area contributed by atoms with Crippen molar-refractivity contribution in [1.82, 2.24) is 20.3 Å². The van der Waals surface area contributed by atoms with Crippen molar-refractivity contribution in [2.24, 2.45) is 5.92 Å². The lowest BCUT2D eigenvalue weighted by molar-refractivity contribution is -0.126. The number of carbonyl (C=O) groups excluding carboxylic acids is 2. The highest BCUT2D eigenvalue weighted by Gasteiger charge is 2.35. The highest BCUT2D eigenvalue weighted by molar-refractivity contribution is 6.00. The Bertz CT molecular complexity index is 823. The summed E-state index contributed by atoms with van der Waals surface area (Å²) >= 11 is 0. The van der Waals surface area contributed by atoms with Crippen molar-refractivity contribution < 1.29 is 23.5 Å². The Labute approximate surface area is 154 Å². The lowest BCUT2D eigenvalue weighted by Gasteiger charge is -2.16. The summed E-state index contributed by atoms with van der Waals surface area (Å²) in [5, 5.41) is 2.70. The normalized spacial score (nSPS) is 16.3. The molecule has 3 rings (SSSR count). The van der Waals surface area contributed by atoms with Gasteiger partial charge in [-0.15, -0.1) is 4.98 Å². The lowest BCUT2D eigenvalue weighted by atomic mass is 10.1. The Balaban J connectivity index is 1.62. The third-order valence-electron chi connectivity index (χ3n) is 4.06. The minimum Gasteiger partial charge on any atom is -0.467 e. The molecular weight excluding hydrogens is 357 g/mol. The molecule has 1 N–H and O–H groups in total. The first-order chi connectivity index (χ1) is 13.0. The molecule has 0 spiro atoms. The van der Waals surface area contributed by atoms with Gasteiger partial charge in [-0.1, -0.05) is 0 Å². The average molecular weight is 375 g/mol. The maximum absolute atomic E-state index is 13.0. The topological polar surface area (TPSA) is 107 Å². The molecule has 0 aliphatic carbocycles. The average Bonchev–Trinajstić information content (AvgIpc) is 3.08. The number of amides is 2. The molecule has 10 heteroatoms. The summed E-state index contributed by atoms with van der Waals surface area (Å²) in [6.07, 6.45) is 0.0764. The van der Waals surface area contributed by atoms with Gasteiger partial charge in [0.25, 0.3) is 0 Å². The first-order valence-corrected chi connectivity index (χ1v) is 8.16. The van der Waals surface area contributed by atoms with E-state index in [2.05, 4.69) is 20.3 Å². The van der Waals surface area contributed by atoms with Gasteiger partial charge < -0.3 is 19.7 Å². The Morgan fingerprint density at radius 1 is 1.19 bits per heavy atom. The van der Waals surface area contributed by atoms with Crippen molar-refractivity contribution in [3.8, 4) is 12.0 Å². The second-order valence-corrected chi connectivity index (χ2v) is 5.82. The summed E-state index contributed by atoms with van der Waals surface area (Å²) in [5.74, 6) is -1.13. The largest absolute Gasteiger partial charge is 0.467 e. The summed E-state index contributed by atoms with van der Waals surface area (Å²) in [6, 6.07) is 5.72. The highest BCUT2D eigenvalue weighted by atomic mass is 19.1. The maximum Gasteiger partial charge on any atom is 0.322 e. The number of hydrogen-bond acceptors (Lipinski definition) is 7. The van der Waals surface area contributed by atoms with Gasteiger partial charge in [0.15, 0.2) is 5.82 Å². The zero-order valence-electron chi connectivity index (χ0n) is 14.8. The van der Waals surface area contributed by atoms with Crippen LogP contribution < -0.4 is 19.7 Å². The molecule has 0 bridgehead atoms. The van der Waals surface area contributed by atoms with Crippen LogP contribution in [-0.4, -0.2) is 47.5 Å². The Kier molecular flexibility index (Phi) is 5.43. The van der Waals surface area contributed by atoms with Crippen LogP contribution in [-0.2, 0) is 16.1 Å². The van der Waals surface area contributed by atoms with Crippen LogP contribution >= 0.6 is 0 Å². The van der Waals surface area contributed by atoms with Gasteiger partial charge in [0.2, 0.25) is 11.8 Å². The molecule has 1 aromatic heterocycles.